The van der Waals surface area contributed by atoms with Crippen LogP contribution in [0.4, 0.5) is 22.7 Å². The molecule has 0 bridgehead atoms. The summed E-state index contributed by atoms with van der Waals surface area (Å²) in [6.07, 6.45) is 0. The second kappa shape index (κ2) is 10.2. The summed E-state index contributed by atoms with van der Waals surface area (Å²) in [4.78, 5) is 5.25. The Morgan fingerprint density at radius 1 is 0.590 bits per heavy atom. The predicted octanol–water partition coefficient (Wildman–Crippen LogP) is 8.00. The normalized spacial score (nSPS) is 22.0. The van der Waals surface area contributed by atoms with Gasteiger partial charge < -0.3 is 19.3 Å². The first-order valence-corrected chi connectivity index (χ1v) is 16.7. The zero-order valence-corrected chi connectivity index (χ0v) is 25.3. The lowest BCUT2D eigenvalue weighted by atomic mass is 10.2. The van der Waals surface area contributed by atoms with Gasteiger partial charge in [-0.05, 0) is 76.2 Å². The molecule has 0 aliphatic carbocycles. The zero-order valence-electron chi connectivity index (χ0n) is 23.5. The van der Waals surface area contributed by atoms with Crippen LogP contribution in [0.5, 0.6) is 11.5 Å². The summed E-state index contributed by atoms with van der Waals surface area (Å²) in [6.45, 7) is 9.67. The van der Waals surface area contributed by atoms with Gasteiger partial charge in [0, 0.05) is 22.0 Å². The molecule has 2 unspecified atom stereocenters. The molecule has 2 aliphatic rings. The highest BCUT2D eigenvalue weighted by Gasteiger charge is 2.55. The van der Waals surface area contributed by atoms with Gasteiger partial charge in [-0.3, -0.25) is 0 Å². The predicted molar refractivity (Wildman–Crippen MR) is 170 cm³/mol. The monoisotopic (exact) mass is 554 g/mol. The van der Waals surface area contributed by atoms with Crippen LogP contribution >= 0.6 is 15.8 Å². The lowest BCUT2D eigenvalue weighted by Crippen LogP contribution is -2.45. The third-order valence-electron chi connectivity index (χ3n) is 7.76. The number of methoxy groups -OCH3 is 2. The molecule has 0 spiro atoms. The van der Waals surface area contributed by atoms with E-state index in [4.69, 9.17) is 9.47 Å². The van der Waals surface area contributed by atoms with Crippen LogP contribution < -0.4 is 29.9 Å². The van der Waals surface area contributed by atoms with Gasteiger partial charge in [0.1, 0.15) is 11.5 Å². The fourth-order valence-corrected chi connectivity index (χ4v) is 13.2. The fourth-order valence-electron chi connectivity index (χ4n) is 6.27. The molecule has 2 heterocycles. The third-order valence-corrected chi connectivity index (χ3v) is 13.9. The number of hydrogen-bond acceptors (Lipinski definition) is 4. The minimum atomic E-state index is -0.691. The quantitative estimate of drug-likeness (QED) is 0.233. The Balaban J connectivity index is 1.65. The molecule has 4 atom stereocenters. The van der Waals surface area contributed by atoms with Crippen molar-refractivity contribution in [1.29, 1.82) is 0 Å². The molecule has 6 heteroatoms. The van der Waals surface area contributed by atoms with Gasteiger partial charge in [-0.25, -0.2) is 0 Å². The molecule has 0 saturated carbocycles. The molecule has 2 aliphatic heterocycles. The summed E-state index contributed by atoms with van der Waals surface area (Å²) in [5.74, 6) is 2.44. The Bertz CT molecular complexity index is 1470. The molecular weight excluding hydrogens is 518 g/mol. The van der Waals surface area contributed by atoms with Gasteiger partial charge in [0.2, 0.25) is 0 Å². The van der Waals surface area contributed by atoms with Crippen molar-refractivity contribution in [3.05, 3.63) is 97.1 Å². The Hall–Kier alpha value is -3.06. The first-order chi connectivity index (χ1) is 18.9. The first-order valence-electron chi connectivity index (χ1n) is 13.4. The van der Waals surface area contributed by atoms with E-state index in [-0.39, 0.29) is 16.7 Å². The minimum Gasteiger partial charge on any atom is -0.496 e. The Morgan fingerprint density at radius 3 is 1.54 bits per heavy atom. The van der Waals surface area contributed by atoms with E-state index in [2.05, 4.69) is 134 Å². The number of para-hydroxylation sites is 2. The lowest BCUT2D eigenvalue weighted by Gasteiger charge is -2.45. The SMILES string of the molecule is COc1cccc2c1[P@@](C)C(C1N(c3ccccc3)c3cccc(OC)c3[P@]1C(C)(C)C)N2c1ccccc1. The Morgan fingerprint density at radius 2 is 1.05 bits per heavy atom. The number of ether oxygens (including phenoxy) is 2. The molecule has 4 aromatic rings. The molecule has 0 aromatic heterocycles. The van der Waals surface area contributed by atoms with Gasteiger partial charge in [0.05, 0.1) is 37.2 Å². The van der Waals surface area contributed by atoms with Crippen LogP contribution in [0.3, 0.4) is 0 Å². The van der Waals surface area contributed by atoms with Crippen LogP contribution in [0.2, 0.25) is 0 Å². The number of rotatable bonds is 5. The standard InChI is InChI=1S/C33H36N2O2P2/c1-33(2,3)39-30-26(20-14-22-28(30)37-5)35(24-17-11-8-12-18-24)32(39)31-34(23-15-9-7-10-16-23)25-19-13-21-27(36-4)29(25)38(31)6/h7-22,31-32H,1-6H3/t31?,32?,38-,39+/m1/s1. The van der Waals surface area contributed by atoms with Crippen molar-refractivity contribution in [1.82, 2.24) is 0 Å². The smallest absolute Gasteiger partial charge is 0.128 e. The molecule has 39 heavy (non-hydrogen) atoms. The van der Waals surface area contributed by atoms with E-state index in [1.54, 1.807) is 7.11 Å². The number of nitrogens with zero attached hydrogens (tertiary/aromatic N) is 2. The maximum absolute atomic E-state index is 6.08. The van der Waals surface area contributed by atoms with Crippen molar-refractivity contribution in [2.75, 3.05) is 30.7 Å². The summed E-state index contributed by atoms with van der Waals surface area (Å²) in [6, 6.07) is 34.9. The van der Waals surface area contributed by atoms with E-state index in [0.717, 1.165) is 11.5 Å². The average molecular weight is 555 g/mol. The molecule has 4 nitrogen and oxygen atoms in total. The van der Waals surface area contributed by atoms with Gasteiger partial charge in [-0.2, -0.15) is 0 Å². The van der Waals surface area contributed by atoms with Crippen LogP contribution in [0.15, 0.2) is 97.1 Å². The third kappa shape index (κ3) is 4.21. The van der Waals surface area contributed by atoms with Gasteiger partial charge in [-0.1, -0.05) is 69.3 Å². The summed E-state index contributed by atoms with van der Waals surface area (Å²) in [5.41, 5.74) is 4.99. The van der Waals surface area contributed by atoms with Crippen LogP contribution in [-0.2, 0) is 0 Å². The van der Waals surface area contributed by atoms with Crippen molar-refractivity contribution in [2.24, 2.45) is 0 Å². The van der Waals surface area contributed by atoms with Crippen molar-refractivity contribution >= 4 is 49.2 Å². The van der Waals surface area contributed by atoms with Gasteiger partial charge in [0.25, 0.3) is 0 Å². The molecule has 0 radical (unpaired) electrons. The molecule has 0 fully saturated rings. The van der Waals surface area contributed by atoms with Crippen LogP contribution in [0.1, 0.15) is 20.8 Å². The molecule has 0 amide bonds. The second-order valence-electron chi connectivity index (χ2n) is 11.0. The van der Waals surface area contributed by atoms with E-state index in [1.807, 2.05) is 7.11 Å². The first kappa shape index (κ1) is 26.2. The topological polar surface area (TPSA) is 24.9 Å². The van der Waals surface area contributed by atoms with E-state index in [0.29, 0.717) is 0 Å². The maximum atomic E-state index is 6.08. The van der Waals surface area contributed by atoms with Gasteiger partial charge >= 0.3 is 0 Å². The summed E-state index contributed by atoms with van der Waals surface area (Å²) in [7, 11) is 2.30. The van der Waals surface area contributed by atoms with Crippen molar-refractivity contribution in [3.8, 4) is 11.5 Å². The molecule has 6 rings (SSSR count). The van der Waals surface area contributed by atoms with E-state index >= 15 is 0 Å². The number of hydrogen-bond donors (Lipinski definition) is 0. The van der Waals surface area contributed by atoms with Gasteiger partial charge in [-0.15, -0.1) is 0 Å². The highest BCUT2D eigenvalue weighted by Crippen LogP contribution is 2.69. The maximum Gasteiger partial charge on any atom is 0.128 e. The van der Waals surface area contributed by atoms with E-state index < -0.39 is 15.8 Å². The van der Waals surface area contributed by atoms with Crippen LogP contribution in [0, 0.1) is 0 Å². The average Bonchev–Trinajstić information content (AvgIpc) is 3.46. The Kier molecular flexibility index (Phi) is 6.82. The lowest BCUT2D eigenvalue weighted by molar-refractivity contribution is 0.418. The molecule has 0 saturated heterocycles. The summed E-state index contributed by atoms with van der Waals surface area (Å²) in [5, 5.41) is 2.77. The molecule has 200 valence electrons. The van der Waals surface area contributed by atoms with Crippen molar-refractivity contribution < 1.29 is 9.47 Å². The highest BCUT2D eigenvalue weighted by atomic mass is 31.1. The second-order valence-corrected chi connectivity index (χ2v) is 16.3. The zero-order chi connectivity index (χ0) is 27.3. The van der Waals surface area contributed by atoms with E-state index in [1.165, 1.54) is 33.4 Å². The summed E-state index contributed by atoms with van der Waals surface area (Å²) >= 11 is 0. The summed E-state index contributed by atoms with van der Waals surface area (Å²) < 4.78 is 12.1. The minimum absolute atomic E-state index is 0.0459. The van der Waals surface area contributed by atoms with Gasteiger partial charge in [0.15, 0.2) is 0 Å². The molecule has 4 aromatic carbocycles. The highest BCUT2D eigenvalue weighted by molar-refractivity contribution is 7.72. The van der Waals surface area contributed by atoms with E-state index in [9.17, 15) is 0 Å². The molecular formula is C33H36N2O2P2. The Labute approximate surface area is 235 Å². The number of anilines is 4. The molecule has 0 N–H and O–H groups in total. The van der Waals surface area contributed by atoms with Crippen molar-refractivity contribution in [2.45, 2.75) is 37.5 Å². The number of benzene rings is 4. The van der Waals surface area contributed by atoms with Crippen LogP contribution in [0.25, 0.3) is 0 Å². The number of fused-ring (bicyclic) bond motifs is 2. The largest absolute Gasteiger partial charge is 0.496 e. The van der Waals surface area contributed by atoms with Crippen LogP contribution in [-0.4, -0.2) is 37.6 Å². The fraction of sp³-hybridized carbons (Fsp3) is 0.273. The van der Waals surface area contributed by atoms with Crippen molar-refractivity contribution in [3.63, 3.8) is 0 Å².